The fraction of sp³-hybridized carbons (Fsp3) is 0.409. The minimum atomic E-state index is -5.10. The van der Waals surface area contributed by atoms with Crippen LogP contribution in [0.3, 0.4) is 0 Å². The molecule has 1 aromatic carbocycles. The third-order valence-electron chi connectivity index (χ3n) is 6.35. The van der Waals surface area contributed by atoms with Crippen LogP contribution in [-0.4, -0.2) is 60.9 Å². The molecule has 4 atom stereocenters. The van der Waals surface area contributed by atoms with Crippen LogP contribution in [0.25, 0.3) is 11.2 Å². The van der Waals surface area contributed by atoms with E-state index in [0.29, 0.717) is 5.56 Å². The Balaban J connectivity index is 1.71. The van der Waals surface area contributed by atoms with Crippen LogP contribution >= 0.6 is 0 Å². The maximum absolute atomic E-state index is 13.0. The molecule has 2 aromatic heterocycles. The number of carbonyl (C=O) groups is 2. The van der Waals surface area contributed by atoms with E-state index >= 15 is 0 Å². The van der Waals surface area contributed by atoms with Crippen molar-refractivity contribution in [1.82, 2.24) is 24.8 Å². The molecule has 4 rings (SSSR count). The summed E-state index contributed by atoms with van der Waals surface area (Å²) in [7, 11) is 0. The molecule has 1 unspecified atom stereocenters. The molecule has 1 aliphatic rings. The second kappa shape index (κ2) is 9.23. The van der Waals surface area contributed by atoms with Crippen LogP contribution in [0.5, 0.6) is 0 Å². The molecule has 3 aromatic rings. The minimum Gasteiger partial charge on any atom is -0.393 e. The number of carbonyl (C=O) groups excluding carboxylic acids is 2. The average molecular weight is 492 g/mol. The maximum Gasteiger partial charge on any atom is 0.471 e. The summed E-state index contributed by atoms with van der Waals surface area (Å²) in [5.41, 5.74) is -0.483. The van der Waals surface area contributed by atoms with Crippen molar-refractivity contribution in [2.24, 2.45) is 5.92 Å². The zero-order valence-electron chi connectivity index (χ0n) is 18.8. The molecule has 0 bridgehead atoms. The lowest BCUT2D eigenvalue weighted by Gasteiger charge is -2.30. The highest BCUT2D eigenvalue weighted by atomic mass is 19.4. The predicted octanol–water partition coefficient (Wildman–Crippen LogP) is 2.43. The Morgan fingerprint density at radius 1 is 1.20 bits per heavy atom. The number of ether oxygens (including phenoxy) is 1. The Bertz CT molecular complexity index is 1230. The van der Waals surface area contributed by atoms with Crippen LogP contribution in [-0.2, 0) is 9.53 Å². The zero-order valence-corrected chi connectivity index (χ0v) is 18.8. The standard InChI is InChI=1S/C22H23F3N6O4/c1-3-21(9-32)12(2)14(29-20(34)22(23,24)25)19(35-21)31-11-28-15-16(26-10-27-17(15)31)30-18(33)13-7-5-4-6-8-13/h4-8,10-12,14,19,32H,3,9H2,1-2H3,(H,29,34)(H,26,27,30,33)/t12?,14-,19+,21-/m0/s1. The largest absolute Gasteiger partial charge is 0.471 e. The molecule has 1 fully saturated rings. The number of aliphatic hydroxyl groups is 1. The average Bonchev–Trinajstić information content (AvgIpc) is 3.39. The second-order valence-electron chi connectivity index (χ2n) is 8.24. The Morgan fingerprint density at radius 3 is 2.54 bits per heavy atom. The molecule has 0 spiro atoms. The van der Waals surface area contributed by atoms with Gasteiger partial charge in [0.25, 0.3) is 5.91 Å². The van der Waals surface area contributed by atoms with Crippen molar-refractivity contribution in [2.75, 3.05) is 11.9 Å². The van der Waals surface area contributed by atoms with E-state index < -0.39 is 48.4 Å². The molecule has 3 heterocycles. The van der Waals surface area contributed by atoms with Gasteiger partial charge in [0, 0.05) is 11.5 Å². The molecule has 0 saturated carbocycles. The van der Waals surface area contributed by atoms with E-state index in [1.807, 2.05) is 5.32 Å². The number of benzene rings is 1. The van der Waals surface area contributed by atoms with Gasteiger partial charge in [-0.15, -0.1) is 0 Å². The molecule has 1 saturated heterocycles. The van der Waals surface area contributed by atoms with Crippen molar-refractivity contribution in [3.8, 4) is 0 Å². The van der Waals surface area contributed by atoms with Gasteiger partial charge in [0.05, 0.1) is 24.6 Å². The molecule has 35 heavy (non-hydrogen) atoms. The summed E-state index contributed by atoms with van der Waals surface area (Å²) in [6.07, 6.45) is -3.54. The number of halogens is 3. The van der Waals surface area contributed by atoms with E-state index in [0.717, 1.165) is 0 Å². The lowest BCUT2D eigenvalue weighted by molar-refractivity contribution is -0.175. The van der Waals surface area contributed by atoms with Crippen LogP contribution in [0, 0.1) is 5.92 Å². The first-order valence-corrected chi connectivity index (χ1v) is 10.8. The van der Waals surface area contributed by atoms with Crippen LogP contribution in [0.4, 0.5) is 19.0 Å². The maximum atomic E-state index is 13.0. The number of nitrogens with zero attached hydrogens (tertiary/aromatic N) is 4. The van der Waals surface area contributed by atoms with Crippen molar-refractivity contribution in [2.45, 2.75) is 44.3 Å². The van der Waals surface area contributed by atoms with Gasteiger partial charge in [-0.3, -0.25) is 14.2 Å². The van der Waals surface area contributed by atoms with E-state index in [1.54, 1.807) is 44.2 Å². The molecule has 186 valence electrons. The molecule has 0 aliphatic carbocycles. The van der Waals surface area contributed by atoms with Crippen molar-refractivity contribution in [3.05, 3.63) is 48.5 Å². The van der Waals surface area contributed by atoms with Crippen LogP contribution in [0.1, 0.15) is 36.9 Å². The van der Waals surface area contributed by atoms with Gasteiger partial charge in [-0.2, -0.15) is 13.2 Å². The van der Waals surface area contributed by atoms with Crippen molar-refractivity contribution < 1.29 is 32.6 Å². The monoisotopic (exact) mass is 492 g/mol. The number of rotatable bonds is 6. The molecule has 1 aliphatic heterocycles. The number of fused-ring (bicyclic) bond motifs is 1. The summed E-state index contributed by atoms with van der Waals surface area (Å²) in [4.78, 5) is 36.9. The number of nitrogens with one attached hydrogen (secondary N) is 2. The summed E-state index contributed by atoms with van der Waals surface area (Å²) >= 11 is 0. The minimum absolute atomic E-state index is 0.0911. The van der Waals surface area contributed by atoms with Crippen LogP contribution in [0.2, 0.25) is 0 Å². The summed E-state index contributed by atoms with van der Waals surface area (Å²) in [6.45, 7) is 2.85. The van der Waals surface area contributed by atoms with Gasteiger partial charge < -0.3 is 20.5 Å². The summed E-state index contributed by atoms with van der Waals surface area (Å²) in [5.74, 6) is -3.16. The van der Waals surface area contributed by atoms with E-state index in [4.69, 9.17) is 4.74 Å². The summed E-state index contributed by atoms with van der Waals surface area (Å²) < 4.78 is 46.6. The van der Waals surface area contributed by atoms with Gasteiger partial charge in [-0.25, -0.2) is 15.0 Å². The second-order valence-corrected chi connectivity index (χ2v) is 8.24. The molecule has 10 nitrogen and oxygen atoms in total. The van der Waals surface area contributed by atoms with Crippen molar-refractivity contribution >= 4 is 28.8 Å². The fourth-order valence-corrected chi connectivity index (χ4v) is 4.25. The van der Waals surface area contributed by atoms with Crippen LogP contribution < -0.4 is 10.6 Å². The number of imidazole rings is 1. The number of alkyl halides is 3. The molecular weight excluding hydrogens is 469 g/mol. The topological polar surface area (TPSA) is 131 Å². The highest BCUT2D eigenvalue weighted by molar-refractivity contribution is 6.06. The van der Waals surface area contributed by atoms with Gasteiger partial charge in [0.15, 0.2) is 23.2 Å². The highest BCUT2D eigenvalue weighted by Gasteiger charge is 2.54. The first-order valence-electron chi connectivity index (χ1n) is 10.8. The molecule has 13 heteroatoms. The van der Waals surface area contributed by atoms with E-state index in [9.17, 15) is 27.9 Å². The van der Waals surface area contributed by atoms with Crippen molar-refractivity contribution in [3.63, 3.8) is 0 Å². The van der Waals surface area contributed by atoms with Gasteiger partial charge in [0.2, 0.25) is 0 Å². The Morgan fingerprint density at radius 2 is 1.91 bits per heavy atom. The van der Waals surface area contributed by atoms with Gasteiger partial charge in [-0.1, -0.05) is 32.0 Å². The van der Waals surface area contributed by atoms with E-state index in [-0.39, 0.29) is 23.4 Å². The number of amides is 2. The summed E-state index contributed by atoms with van der Waals surface area (Å²) in [6, 6.07) is 7.25. The zero-order chi connectivity index (χ0) is 25.4. The molecule has 3 N–H and O–H groups in total. The van der Waals surface area contributed by atoms with Gasteiger partial charge in [0.1, 0.15) is 6.33 Å². The fourth-order valence-electron chi connectivity index (χ4n) is 4.25. The first-order chi connectivity index (χ1) is 16.6. The summed E-state index contributed by atoms with van der Waals surface area (Å²) in [5, 5.41) is 14.7. The SMILES string of the molecule is CC[C@@]1(CO)O[C@@H](n2cnc3c(NC(=O)c4ccccc4)ncnc32)[C@@H](NC(=O)C(F)(F)F)C1C. The normalized spacial score (nSPS) is 24.5. The Labute approximate surface area is 197 Å². The smallest absolute Gasteiger partial charge is 0.393 e. The van der Waals surface area contributed by atoms with Gasteiger partial charge in [-0.05, 0) is 18.6 Å². The van der Waals surface area contributed by atoms with Crippen LogP contribution in [0.15, 0.2) is 43.0 Å². The Kier molecular flexibility index (Phi) is 6.47. The highest BCUT2D eigenvalue weighted by Crippen LogP contribution is 2.44. The Hall–Kier alpha value is -3.58. The van der Waals surface area contributed by atoms with E-state index in [2.05, 4.69) is 20.3 Å². The molecule has 2 amide bonds. The molecule has 0 radical (unpaired) electrons. The van der Waals surface area contributed by atoms with Gasteiger partial charge >= 0.3 is 12.1 Å². The lowest BCUT2D eigenvalue weighted by atomic mass is 9.84. The number of anilines is 1. The van der Waals surface area contributed by atoms with Crippen molar-refractivity contribution in [1.29, 1.82) is 0 Å². The quantitative estimate of drug-likeness (QED) is 0.482. The molecular formula is C22H23F3N6O4. The third kappa shape index (κ3) is 4.44. The third-order valence-corrected chi connectivity index (χ3v) is 6.35. The predicted molar refractivity (Wildman–Crippen MR) is 117 cm³/mol. The number of hydrogen-bond acceptors (Lipinski definition) is 7. The number of aliphatic hydroxyl groups excluding tert-OH is 1. The van der Waals surface area contributed by atoms with E-state index in [1.165, 1.54) is 17.2 Å². The number of hydrogen-bond donors (Lipinski definition) is 3. The first kappa shape index (κ1) is 24.5. The number of aromatic nitrogens is 4. The lowest BCUT2D eigenvalue weighted by Crippen LogP contribution is -2.49.